The number of hydrogen-bond acceptors (Lipinski definition) is 5. The molecule has 0 spiro atoms. The van der Waals surface area contributed by atoms with Gasteiger partial charge in [0.05, 0.1) is 11.4 Å². The number of rotatable bonds is 8. The van der Waals surface area contributed by atoms with Crippen LogP contribution in [0.2, 0.25) is 0 Å². The first-order valence-electron chi connectivity index (χ1n) is 11.2. The van der Waals surface area contributed by atoms with Crippen LogP contribution in [0.4, 0.5) is 0 Å². The number of sulfonamides is 1. The number of carbonyl (C=O) groups excluding carboxylic acids is 1. The number of benzene rings is 1. The van der Waals surface area contributed by atoms with Crippen LogP contribution in [-0.2, 0) is 14.8 Å². The number of nitrogens with zero attached hydrogens (tertiary/aromatic N) is 3. The lowest BCUT2D eigenvalue weighted by Gasteiger charge is -2.31. The van der Waals surface area contributed by atoms with Gasteiger partial charge in [-0.3, -0.25) is 4.79 Å². The van der Waals surface area contributed by atoms with E-state index in [1.807, 2.05) is 19.9 Å². The second-order valence-corrected chi connectivity index (χ2v) is 10.4. The molecule has 3 rings (SSSR count). The van der Waals surface area contributed by atoms with Gasteiger partial charge < -0.3 is 15.1 Å². The third-order valence-corrected chi connectivity index (χ3v) is 8.07. The summed E-state index contributed by atoms with van der Waals surface area (Å²) in [6.07, 6.45) is 4.44. The predicted molar refractivity (Wildman–Crippen MR) is 119 cm³/mol. The maximum absolute atomic E-state index is 13.4. The number of amides is 1. The van der Waals surface area contributed by atoms with Crippen LogP contribution in [0, 0.1) is 13.8 Å². The summed E-state index contributed by atoms with van der Waals surface area (Å²) >= 11 is 0. The fourth-order valence-corrected chi connectivity index (χ4v) is 5.64. The number of likely N-dealkylation sites (tertiary alicyclic amines) is 1. The van der Waals surface area contributed by atoms with Gasteiger partial charge in [0.25, 0.3) is 0 Å². The largest absolute Gasteiger partial charge is 0.339 e. The van der Waals surface area contributed by atoms with E-state index in [-0.39, 0.29) is 17.3 Å². The van der Waals surface area contributed by atoms with E-state index in [0.717, 1.165) is 50.3 Å². The zero-order valence-corrected chi connectivity index (χ0v) is 19.2. The molecular formula is C22H36N4O3S. The minimum atomic E-state index is -3.73. The average Bonchev–Trinajstić information content (AvgIpc) is 2.76. The topological polar surface area (TPSA) is 73.0 Å². The van der Waals surface area contributed by atoms with E-state index in [2.05, 4.69) is 10.2 Å². The molecule has 7 nitrogen and oxygen atoms in total. The smallest absolute Gasteiger partial charge is 0.243 e. The SMILES string of the molecule is Cc1ccc(S(=O)(=O)N(CCCN2CCCCC2)CC(=O)N2CCNCC2)cc1C. The van der Waals surface area contributed by atoms with Gasteiger partial charge in [0.2, 0.25) is 15.9 Å². The second-order valence-electron chi connectivity index (χ2n) is 8.47. The molecule has 1 aromatic carbocycles. The van der Waals surface area contributed by atoms with Crippen LogP contribution in [0.3, 0.4) is 0 Å². The molecule has 30 heavy (non-hydrogen) atoms. The van der Waals surface area contributed by atoms with Crippen LogP contribution in [0.25, 0.3) is 0 Å². The molecule has 2 aliphatic rings. The summed E-state index contributed by atoms with van der Waals surface area (Å²) in [6.45, 7) is 9.98. The van der Waals surface area contributed by atoms with E-state index in [1.54, 1.807) is 17.0 Å². The Kier molecular flexibility index (Phi) is 8.27. The molecule has 0 aliphatic carbocycles. The molecule has 0 aromatic heterocycles. The Morgan fingerprint density at radius 1 is 1.03 bits per heavy atom. The van der Waals surface area contributed by atoms with Crippen molar-refractivity contribution in [3.05, 3.63) is 29.3 Å². The molecule has 0 saturated carbocycles. The molecule has 168 valence electrons. The summed E-state index contributed by atoms with van der Waals surface area (Å²) in [6, 6.07) is 5.22. The van der Waals surface area contributed by atoms with E-state index in [0.29, 0.717) is 19.6 Å². The number of nitrogens with one attached hydrogen (secondary N) is 1. The van der Waals surface area contributed by atoms with Gasteiger partial charge in [-0.1, -0.05) is 12.5 Å². The molecule has 0 radical (unpaired) electrons. The third kappa shape index (κ3) is 6.03. The van der Waals surface area contributed by atoms with Gasteiger partial charge in [0.15, 0.2) is 0 Å². The summed E-state index contributed by atoms with van der Waals surface area (Å²) in [7, 11) is -3.73. The van der Waals surface area contributed by atoms with Crippen molar-refractivity contribution in [3.8, 4) is 0 Å². The van der Waals surface area contributed by atoms with Crippen LogP contribution < -0.4 is 5.32 Å². The van der Waals surface area contributed by atoms with Crippen molar-refractivity contribution in [2.45, 2.75) is 44.4 Å². The normalized spacial score (nSPS) is 18.7. The summed E-state index contributed by atoms with van der Waals surface area (Å²) in [5, 5.41) is 3.23. The van der Waals surface area contributed by atoms with Gasteiger partial charge in [-0.25, -0.2) is 8.42 Å². The molecule has 2 fully saturated rings. The number of aryl methyl sites for hydroxylation is 2. The first-order valence-corrected chi connectivity index (χ1v) is 12.6. The lowest BCUT2D eigenvalue weighted by atomic mass is 10.1. The van der Waals surface area contributed by atoms with E-state index < -0.39 is 10.0 Å². The maximum Gasteiger partial charge on any atom is 0.243 e. The summed E-state index contributed by atoms with van der Waals surface area (Å²) in [5.41, 5.74) is 2.00. The monoisotopic (exact) mass is 436 g/mol. The van der Waals surface area contributed by atoms with E-state index >= 15 is 0 Å². The molecule has 1 N–H and O–H groups in total. The Morgan fingerprint density at radius 3 is 2.40 bits per heavy atom. The van der Waals surface area contributed by atoms with Crippen molar-refractivity contribution in [2.75, 3.05) is 58.9 Å². The number of hydrogen-bond donors (Lipinski definition) is 1. The van der Waals surface area contributed by atoms with Gasteiger partial charge in [-0.2, -0.15) is 4.31 Å². The van der Waals surface area contributed by atoms with Crippen molar-refractivity contribution in [1.29, 1.82) is 0 Å². The van der Waals surface area contributed by atoms with Crippen molar-refractivity contribution in [3.63, 3.8) is 0 Å². The highest BCUT2D eigenvalue weighted by atomic mass is 32.2. The minimum absolute atomic E-state index is 0.0880. The van der Waals surface area contributed by atoms with Crippen LogP contribution in [0.5, 0.6) is 0 Å². The molecule has 0 bridgehead atoms. The first kappa shape index (κ1) is 23.2. The Hall–Kier alpha value is -1.48. The third-order valence-electron chi connectivity index (χ3n) is 6.23. The number of piperidine rings is 1. The average molecular weight is 437 g/mol. The van der Waals surface area contributed by atoms with Gasteiger partial charge in [0.1, 0.15) is 0 Å². The van der Waals surface area contributed by atoms with E-state index in [4.69, 9.17) is 0 Å². The fraction of sp³-hybridized carbons (Fsp3) is 0.682. The molecule has 2 heterocycles. The van der Waals surface area contributed by atoms with E-state index in [1.165, 1.54) is 23.6 Å². The lowest BCUT2D eigenvalue weighted by Crippen LogP contribution is -2.50. The standard InChI is InChI=1S/C22H36N4O3S/c1-19-7-8-21(17-20(19)2)30(28,29)26(14-6-13-24-11-4-3-5-12-24)18-22(27)25-15-9-23-10-16-25/h7-8,17,23H,3-6,9-16,18H2,1-2H3. The maximum atomic E-state index is 13.4. The fourth-order valence-electron chi connectivity index (χ4n) is 4.13. The number of piperazine rings is 1. The van der Waals surface area contributed by atoms with Crippen LogP contribution in [-0.4, -0.2) is 87.3 Å². The predicted octanol–water partition coefficient (Wildman–Crippen LogP) is 1.60. The molecule has 1 amide bonds. The highest BCUT2D eigenvalue weighted by Crippen LogP contribution is 2.20. The molecule has 0 unspecified atom stereocenters. The van der Waals surface area contributed by atoms with Crippen molar-refractivity contribution in [1.82, 2.24) is 19.4 Å². The molecule has 1 aromatic rings. The minimum Gasteiger partial charge on any atom is -0.339 e. The van der Waals surface area contributed by atoms with Crippen molar-refractivity contribution < 1.29 is 13.2 Å². The summed E-state index contributed by atoms with van der Waals surface area (Å²) < 4.78 is 28.2. The van der Waals surface area contributed by atoms with Crippen LogP contribution in [0.1, 0.15) is 36.8 Å². The second kappa shape index (κ2) is 10.7. The van der Waals surface area contributed by atoms with Crippen molar-refractivity contribution >= 4 is 15.9 Å². The molecule has 2 saturated heterocycles. The highest BCUT2D eigenvalue weighted by Gasteiger charge is 2.29. The summed E-state index contributed by atoms with van der Waals surface area (Å²) in [4.78, 5) is 17.3. The molecular weight excluding hydrogens is 400 g/mol. The van der Waals surface area contributed by atoms with Gasteiger partial charge >= 0.3 is 0 Å². The first-order chi connectivity index (χ1) is 14.4. The van der Waals surface area contributed by atoms with Gasteiger partial charge in [0, 0.05) is 32.7 Å². The quantitative estimate of drug-likeness (QED) is 0.670. The molecule has 0 atom stereocenters. The molecule has 2 aliphatic heterocycles. The van der Waals surface area contributed by atoms with Crippen LogP contribution in [0.15, 0.2) is 23.1 Å². The molecule has 8 heteroatoms. The lowest BCUT2D eigenvalue weighted by molar-refractivity contribution is -0.132. The number of carbonyl (C=O) groups is 1. The summed E-state index contributed by atoms with van der Waals surface area (Å²) in [5.74, 6) is -0.109. The Morgan fingerprint density at radius 2 is 1.73 bits per heavy atom. The Balaban J connectivity index is 1.72. The Labute approximate surface area is 181 Å². The van der Waals surface area contributed by atoms with Crippen molar-refractivity contribution in [2.24, 2.45) is 0 Å². The van der Waals surface area contributed by atoms with Gasteiger partial charge in [-0.05, 0) is 76.0 Å². The Bertz CT molecular complexity index is 816. The highest BCUT2D eigenvalue weighted by molar-refractivity contribution is 7.89. The van der Waals surface area contributed by atoms with Crippen LogP contribution >= 0.6 is 0 Å². The zero-order chi connectivity index (χ0) is 21.6. The van der Waals surface area contributed by atoms with E-state index in [9.17, 15) is 13.2 Å². The zero-order valence-electron chi connectivity index (χ0n) is 18.4. The van der Waals surface area contributed by atoms with Gasteiger partial charge in [-0.15, -0.1) is 0 Å².